The minimum atomic E-state index is -0.892. The van der Waals surface area contributed by atoms with E-state index in [1.54, 1.807) is 11.8 Å². The molecule has 3 unspecified atom stereocenters. The van der Waals surface area contributed by atoms with Crippen LogP contribution in [0.25, 0.3) is 0 Å². The molecule has 1 saturated heterocycles. The third kappa shape index (κ3) is 5.07. The number of carboxylic acid groups (broad SMARTS) is 1. The molecule has 0 radical (unpaired) electrons. The van der Waals surface area contributed by atoms with Gasteiger partial charge in [0.05, 0.1) is 6.61 Å². The normalized spacial score (nSPS) is 21.6. The SMILES string of the molecule is CCOC(=O)c1coc(NC2CC(CC)N(C(=O)O)C(Cc3ccccc3)C2)n1. The van der Waals surface area contributed by atoms with Crippen molar-refractivity contribution in [3.63, 3.8) is 0 Å². The van der Waals surface area contributed by atoms with Gasteiger partial charge in [-0.3, -0.25) is 0 Å². The van der Waals surface area contributed by atoms with Crippen LogP contribution in [-0.4, -0.2) is 51.8 Å². The second-order valence-electron chi connectivity index (χ2n) is 7.17. The number of benzene rings is 1. The average molecular weight is 401 g/mol. The maximum Gasteiger partial charge on any atom is 0.407 e. The summed E-state index contributed by atoms with van der Waals surface area (Å²) in [7, 11) is 0. The fourth-order valence-electron chi connectivity index (χ4n) is 3.95. The van der Waals surface area contributed by atoms with E-state index in [9.17, 15) is 14.7 Å². The molecular formula is C21H27N3O5. The van der Waals surface area contributed by atoms with Crippen LogP contribution < -0.4 is 5.32 Å². The van der Waals surface area contributed by atoms with Crippen molar-refractivity contribution in [2.45, 2.75) is 57.7 Å². The number of carbonyl (C=O) groups is 2. The van der Waals surface area contributed by atoms with Crippen molar-refractivity contribution in [1.82, 2.24) is 9.88 Å². The Morgan fingerprint density at radius 2 is 1.97 bits per heavy atom. The van der Waals surface area contributed by atoms with Crippen LogP contribution in [0.4, 0.5) is 10.8 Å². The molecule has 0 bridgehead atoms. The molecule has 1 aliphatic rings. The first kappa shape index (κ1) is 20.7. The number of hydrogen-bond donors (Lipinski definition) is 2. The smallest absolute Gasteiger partial charge is 0.407 e. The van der Waals surface area contributed by atoms with Crippen LogP contribution in [0.1, 0.15) is 49.2 Å². The summed E-state index contributed by atoms with van der Waals surface area (Å²) in [6.45, 7) is 3.99. The molecule has 8 nitrogen and oxygen atoms in total. The molecule has 1 aromatic carbocycles. The zero-order chi connectivity index (χ0) is 20.8. The lowest BCUT2D eigenvalue weighted by Gasteiger charge is -2.43. The molecule has 0 spiro atoms. The van der Waals surface area contributed by atoms with Crippen molar-refractivity contribution < 1.29 is 23.8 Å². The summed E-state index contributed by atoms with van der Waals surface area (Å²) in [6.07, 6.45) is 3.00. The van der Waals surface area contributed by atoms with Gasteiger partial charge in [-0.25, -0.2) is 9.59 Å². The van der Waals surface area contributed by atoms with Gasteiger partial charge >= 0.3 is 12.1 Å². The molecule has 2 heterocycles. The first-order valence-corrected chi connectivity index (χ1v) is 9.96. The van der Waals surface area contributed by atoms with Gasteiger partial charge in [-0.15, -0.1) is 0 Å². The molecular weight excluding hydrogens is 374 g/mol. The van der Waals surface area contributed by atoms with E-state index in [0.29, 0.717) is 19.3 Å². The number of aromatic nitrogens is 1. The van der Waals surface area contributed by atoms with Crippen LogP contribution in [0.5, 0.6) is 0 Å². The van der Waals surface area contributed by atoms with E-state index < -0.39 is 12.1 Å². The number of rotatable bonds is 7. The molecule has 3 atom stereocenters. The Bertz CT molecular complexity index is 823. The third-order valence-electron chi connectivity index (χ3n) is 5.22. The molecule has 1 aromatic heterocycles. The highest BCUT2D eigenvalue weighted by Gasteiger charge is 2.38. The molecule has 156 valence electrons. The van der Waals surface area contributed by atoms with Crippen LogP contribution in [0, 0.1) is 0 Å². The van der Waals surface area contributed by atoms with Gasteiger partial charge in [-0.05, 0) is 38.2 Å². The maximum absolute atomic E-state index is 12.0. The van der Waals surface area contributed by atoms with Crippen molar-refractivity contribution in [2.75, 3.05) is 11.9 Å². The fourth-order valence-corrected chi connectivity index (χ4v) is 3.95. The van der Waals surface area contributed by atoms with E-state index >= 15 is 0 Å². The largest absolute Gasteiger partial charge is 0.465 e. The molecule has 8 heteroatoms. The van der Waals surface area contributed by atoms with Crippen molar-refractivity contribution in [3.8, 4) is 0 Å². The van der Waals surface area contributed by atoms with Gasteiger partial charge in [0.25, 0.3) is 6.01 Å². The summed E-state index contributed by atoms with van der Waals surface area (Å²) in [5, 5.41) is 13.0. The van der Waals surface area contributed by atoms with Crippen LogP contribution in [0.2, 0.25) is 0 Å². The Morgan fingerprint density at radius 3 is 2.62 bits per heavy atom. The summed E-state index contributed by atoms with van der Waals surface area (Å²) >= 11 is 0. The standard InChI is InChI=1S/C21H27N3O5/c1-3-16-11-15(22-20-23-18(13-29-20)19(25)28-4-2)12-17(24(16)21(26)27)10-14-8-6-5-7-9-14/h5-9,13,15-17H,3-4,10-12H2,1-2H3,(H,22,23)(H,26,27). The van der Waals surface area contributed by atoms with Crippen molar-refractivity contribution >= 4 is 18.1 Å². The minimum Gasteiger partial charge on any atom is -0.465 e. The number of nitrogens with zero attached hydrogens (tertiary/aromatic N) is 2. The fraction of sp³-hybridized carbons (Fsp3) is 0.476. The molecule has 1 amide bonds. The van der Waals surface area contributed by atoms with Gasteiger partial charge in [0, 0.05) is 18.1 Å². The lowest BCUT2D eigenvalue weighted by atomic mass is 9.87. The zero-order valence-corrected chi connectivity index (χ0v) is 16.7. The molecule has 0 saturated carbocycles. The molecule has 3 rings (SSSR count). The summed E-state index contributed by atoms with van der Waals surface area (Å²) < 4.78 is 10.3. The Kier molecular flexibility index (Phi) is 6.74. The highest BCUT2D eigenvalue weighted by molar-refractivity contribution is 5.87. The van der Waals surface area contributed by atoms with Gasteiger partial charge in [-0.1, -0.05) is 37.3 Å². The molecule has 2 aromatic rings. The second-order valence-corrected chi connectivity index (χ2v) is 7.17. The van der Waals surface area contributed by atoms with Gasteiger partial charge in [0.2, 0.25) is 0 Å². The molecule has 1 aliphatic heterocycles. The van der Waals surface area contributed by atoms with E-state index in [1.165, 1.54) is 6.26 Å². The van der Waals surface area contributed by atoms with E-state index in [2.05, 4.69) is 10.3 Å². The van der Waals surface area contributed by atoms with Gasteiger partial charge in [0.15, 0.2) is 5.69 Å². The first-order valence-electron chi connectivity index (χ1n) is 9.96. The van der Waals surface area contributed by atoms with Crippen molar-refractivity contribution in [2.24, 2.45) is 0 Å². The van der Waals surface area contributed by atoms with Crippen LogP contribution >= 0.6 is 0 Å². The predicted octanol–water partition coefficient (Wildman–Crippen LogP) is 3.80. The van der Waals surface area contributed by atoms with E-state index in [-0.39, 0.29) is 36.4 Å². The number of amides is 1. The number of ether oxygens (including phenoxy) is 1. The quantitative estimate of drug-likeness (QED) is 0.680. The minimum absolute atomic E-state index is 0.0158. The number of piperidine rings is 1. The highest BCUT2D eigenvalue weighted by atomic mass is 16.5. The van der Waals surface area contributed by atoms with Crippen LogP contribution in [0.15, 0.2) is 41.0 Å². The number of carbonyl (C=O) groups excluding carboxylic acids is 1. The maximum atomic E-state index is 12.0. The Hall–Kier alpha value is -3.03. The first-order chi connectivity index (χ1) is 14.0. The summed E-state index contributed by atoms with van der Waals surface area (Å²) in [4.78, 5) is 29.5. The topological polar surface area (TPSA) is 105 Å². The Morgan fingerprint density at radius 1 is 1.24 bits per heavy atom. The lowest BCUT2D eigenvalue weighted by molar-refractivity contribution is 0.0518. The van der Waals surface area contributed by atoms with Crippen LogP contribution in [0.3, 0.4) is 0 Å². The zero-order valence-electron chi connectivity index (χ0n) is 16.7. The number of likely N-dealkylation sites (tertiary alicyclic amines) is 1. The number of esters is 1. The molecule has 29 heavy (non-hydrogen) atoms. The summed E-state index contributed by atoms with van der Waals surface area (Å²) in [6, 6.07) is 9.85. The number of hydrogen-bond acceptors (Lipinski definition) is 6. The monoisotopic (exact) mass is 401 g/mol. The van der Waals surface area contributed by atoms with E-state index in [1.807, 2.05) is 37.3 Å². The number of anilines is 1. The number of nitrogens with one attached hydrogen (secondary N) is 1. The van der Waals surface area contributed by atoms with Crippen LogP contribution in [-0.2, 0) is 11.2 Å². The van der Waals surface area contributed by atoms with Gasteiger partial charge in [0.1, 0.15) is 6.26 Å². The predicted molar refractivity (Wildman–Crippen MR) is 107 cm³/mol. The second kappa shape index (κ2) is 9.45. The van der Waals surface area contributed by atoms with Gasteiger partial charge < -0.3 is 24.5 Å². The number of oxazole rings is 1. The van der Waals surface area contributed by atoms with Gasteiger partial charge in [-0.2, -0.15) is 4.98 Å². The van der Waals surface area contributed by atoms with Crippen molar-refractivity contribution in [3.05, 3.63) is 47.9 Å². The van der Waals surface area contributed by atoms with Crippen molar-refractivity contribution in [1.29, 1.82) is 0 Å². The average Bonchev–Trinajstić information content (AvgIpc) is 3.17. The van der Waals surface area contributed by atoms with E-state index in [4.69, 9.17) is 9.15 Å². The summed E-state index contributed by atoms with van der Waals surface area (Å²) in [5.74, 6) is -0.529. The van der Waals surface area contributed by atoms with E-state index in [0.717, 1.165) is 12.0 Å². The molecule has 2 N–H and O–H groups in total. The molecule has 0 aliphatic carbocycles. The highest BCUT2D eigenvalue weighted by Crippen LogP contribution is 2.29. The third-order valence-corrected chi connectivity index (χ3v) is 5.22. The Labute approximate surface area is 169 Å². The summed E-state index contributed by atoms with van der Waals surface area (Å²) in [5.41, 5.74) is 1.21. The molecule has 1 fully saturated rings. The Balaban J connectivity index is 1.74. The lowest BCUT2D eigenvalue weighted by Crippen LogP contribution is -2.55.